The molecule has 0 spiro atoms. The number of carbonyl (C=O) groups excluding carboxylic acids is 2. The van der Waals surface area contributed by atoms with Crippen molar-refractivity contribution in [2.45, 2.75) is 13.5 Å². The first-order valence-corrected chi connectivity index (χ1v) is 9.19. The van der Waals surface area contributed by atoms with Gasteiger partial charge in [-0.2, -0.15) is 5.10 Å². The SMILES string of the molecule is Cc1ccccc1NC(=O)C(=O)N/N=C\c1ccc(OCc2ccccc2F)cc1. The molecule has 0 radical (unpaired) electrons. The molecule has 0 fully saturated rings. The first-order chi connectivity index (χ1) is 14.5. The molecule has 3 aromatic rings. The molecular formula is C23H20FN3O3. The second-order valence-corrected chi connectivity index (χ2v) is 6.42. The molecule has 0 unspecified atom stereocenters. The van der Waals surface area contributed by atoms with Crippen molar-refractivity contribution in [3.05, 3.63) is 95.3 Å². The second kappa shape index (κ2) is 9.97. The van der Waals surface area contributed by atoms with Crippen LogP contribution in [-0.2, 0) is 16.2 Å². The first kappa shape index (κ1) is 20.7. The quantitative estimate of drug-likeness (QED) is 0.372. The Bertz CT molecular complexity index is 1070. The van der Waals surface area contributed by atoms with Crippen molar-refractivity contribution >= 4 is 23.7 Å². The molecule has 0 saturated heterocycles. The van der Waals surface area contributed by atoms with Crippen molar-refractivity contribution in [1.82, 2.24) is 5.43 Å². The Kier molecular flexibility index (Phi) is 6.89. The molecule has 0 aliphatic heterocycles. The van der Waals surface area contributed by atoms with E-state index in [1.165, 1.54) is 12.3 Å². The van der Waals surface area contributed by atoms with Gasteiger partial charge < -0.3 is 10.1 Å². The van der Waals surface area contributed by atoms with E-state index in [2.05, 4.69) is 15.8 Å². The van der Waals surface area contributed by atoms with Crippen LogP contribution in [0.2, 0.25) is 0 Å². The van der Waals surface area contributed by atoms with Gasteiger partial charge in [0.2, 0.25) is 0 Å². The van der Waals surface area contributed by atoms with Gasteiger partial charge in [0, 0.05) is 11.3 Å². The van der Waals surface area contributed by atoms with E-state index >= 15 is 0 Å². The molecule has 0 atom stereocenters. The summed E-state index contributed by atoms with van der Waals surface area (Å²) in [6.45, 7) is 1.95. The highest BCUT2D eigenvalue weighted by atomic mass is 19.1. The van der Waals surface area contributed by atoms with Gasteiger partial charge in [-0.3, -0.25) is 9.59 Å². The molecule has 0 aliphatic rings. The van der Waals surface area contributed by atoms with Gasteiger partial charge >= 0.3 is 11.8 Å². The van der Waals surface area contributed by atoms with Crippen LogP contribution in [0, 0.1) is 12.7 Å². The Morgan fingerprint density at radius 1 is 0.967 bits per heavy atom. The van der Waals surface area contributed by atoms with E-state index in [4.69, 9.17) is 4.74 Å². The average molecular weight is 405 g/mol. The van der Waals surface area contributed by atoms with Gasteiger partial charge in [-0.05, 0) is 54.4 Å². The zero-order chi connectivity index (χ0) is 21.3. The van der Waals surface area contributed by atoms with Crippen LogP contribution in [0.5, 0.6) is 5.75 Å². The van der Waals surface area contributed by atoms with Crippen molar-refractivity contribution in [3.8, 4) is 5.75 Å². The molecule has 152 valence electrons. The fourth-order valence-electron chi connectivity index (χ4n) is 2.54. The molecular weight excluding hydrogens is 385 g/mol. The summed E-state index contributed by atoms with van der Waals surface area (Å²) in [5, 5.41) is 6.32. The number of aryl methyl sites for hydroxylation is 1. The summed E-state index contributed by atoms with van der Waals surface area (Å²) in [6.07, 6.45) is 1.40. The number of amides is 2. The van der Waals surface area contributed by atoms with Gasteiger partial charge in [0.15, 0.2) is 0 Å². The van der Waals surface area contributed by atoms with Gasteiger partial charge in [0.25, 0.3) is 0 Å². The Morgan fingerprint density at radius 2 is 1.67 bits per heavy atom. The highest BCUT2D eigenvalue weighted by Crippen LogP contribution is 2.15. The lowest BCUT2D eigenvalue weighted by Crippen LogP contribution is -2.32. The van der Waals surface area contributed by atoms with E-state index in [1.807, 2.05) is 19.1 Å². The van der Waals surface area contributed by atoms with E-state index in [9.17, 15) is 14.0 Å². The van der Waals surface area contributed by atoms with Crippen LogP contribution in [0.4, 0.5) is 10.1 Å². The number of halogens is 1. The largest absolute Gasteiger partial charge is 0.489 e. The third-order valence-electron chi connectivity index (χ3n) is 4.21. The molecule has 2 N–H and O–H groups in total. The fourth-order valence-corrected chi connectivity index (χ4v) is 2.54. The molecule has 0 bridgehead atoms. The lowest BCUT2D eigenvalue weighted by molar-refractivity contribution is -0.136. The second-order valence-electron chi connectivity index (χ2n) is 6.42. The molecule has 3 rings (SSSR count). The van der Waals surface area contributed by atoms with Crippen LogP contribution in [-0.4, -0.2) is 18.0 Å². The Morgan fingerprint density at radius 3 is 2.40 bits per heavy atom. The van der Waals surface area contributed by atoms with E-state index in [0.717, 1.165) is 5.56 Å². The van der Waals surface area contributed by atoms with Crippen molar-refractivity contribution < 1.29 is 18.7 Å². The number of benzene rings is 3. The van der Waals surface area contributed by atoms with Gasteiger partial charge in [-0.1, -0.05) is 36.4 Å². The van der Waals surface area contributed by atoms with Gasteiger partial charge in [-0.15, -0.1) is 0 Å². The molecule has 3 aromatic carbocycles. The Labute approximate surface area is 173 Å². The third-order valence-corrected chi connectivity index (χ3v) is 4.21. The topological polar surface area (TPSA) is 79.8 Å². The van der Waals surface area contributed by atoms with Crippen LogP contribution >= 0.6 is 0 Å². The maximum Gasteiger partial charge on any atom is 0.329 e. The zero-order valence-electron chi connectivity index (χ0n) is 16.3. The number of carbonyl (C=O) groups is 2. The molecule has 7 heteroatoms. The van der Waals surface area contributed by atoms with Crippen LogP contribution in [0.25, 0.3) is 0 Å². The highest BCUT2D eigenvalue weighted by Gasteiger charge is 2.13. The summed E-state index contributed by atoms with van der Waals surface area (Å²) >= 11 is 0. The zero-order valence-corrected chi connectivity index (χ0v) is 16.3. The number of anilines is 1. The summed E-state index contributed by atoms with van der Waals surface area (Å²) in [6, 6.07) is 20.4. The third kappa shape index (κ3) is 5.75. The normalized spacial score (nSPS) is 10.6. The van der Waals surface area contributed by atoms with E-state index < -0.39 is 11.8 Å². The molecule has 0 heterocycles. The van der Waals surface area contributed by atoms with Gasteiger partial charge in [0.05, 0.1) is 6.21 Å². The van der Waals surface area contributed by atoms with Gasteiger partial charge in [-0.25, -0.2) is 9.82 Å². The lowest BCUT2D eigenvalue weighted by atomic mass is 10.2. The molecule has 0 saturated carbocycles. The molecule has 6 nitrogen and oxygen atoms in total. The highest BCUT2D eigenvalue weighted by molar-refractivity contribution is 6.39. The number of hydrogen-bond donors (Lipinski definition) is 2. The van der Waals surface area contributed by atoms with Crippen LogP contribution < -0.4 is 15.5 Å². The number of hydrazone groups is 1. The van der Waals surface area contributed by atoms with Crippen LogP contribution in [0.3, 0.4) is 0 Å². The molecule has 30 heavy (non-hydrogen) atoms. The summed E-state index contributed by atoms with van der Waals surface area (Å²) in [5.74, 6) is -1.43. The van der Waals surface area contributed by atoms with Gasteiger partial charge in [0.1, 0.15) is 18.2 Å². The molecule has 0 aromatic heterocycles. The number of para-hydroxylation sites is 1. The Balaban J connectivity index is 1.49. The van der Waals surface area contributed by atoms with Crippen molar-refractivity contribution in [3.63, 3.8) is 0 Å². The minimum Gasteiger partial charge on any atom is -0.489 e. The van der Waals surface area contributed by atoms with E-state index in [1.54, 1.807) is 54.6 Å². The number of nitrogens with zero attached hydrogens (tertiary/aromatic N) is 1. The smallest absolute Gasteiger partial charge is 0.329 e. The van der Waals surface area contributed by atoms with Crippen molar-refractivity contribution in [1.29, 1.82) is 0 Å². The van der Waals surface area contributed by atoms with Crippen LogP contribution in [0.1, 0.15) is 16.7 Å². The predicted molar refractivity (Wildman–Crippen MR) is 113 cm³/mol. The number of nitrogens with one attached hydrogen (secondary N) is 2. The summed E-state index contributed by atoms with van der Waals surface area (Å²) in [5.41, 5.74) is 4.75. The predicted octanol–water partition coefficient (Wildman–Crippen LogP) is 3.80. The number of hydrogen-bond acceptors (Lipinski definition) is 4. The minimum absolute atomic E-state index is 0.117. The van der Waals surface area contributed by atoms with Crippen LogP contribution in [0.15, 0.2) is 77.9 Å². The maximum absolute atomic E-state index is 13.6. The average Bonchev–Trinajstić information content (AvgIpc) is 2.75. The van der Waals surface area contributed by atoms with E-state index in [0.29, 0.717) is 22.6 Å². The van der Waals surface area contributed by atoms with Crippen molar-refractivity contribution in [2.24, 2.45) is 5.10 Å². The summed E-state index contributed by atoms with van der Waals surface area (Å²) in [7, 11) is 0. The minimum atomic E-state index is -0.876. The fraction of sp³-hybridized carbons (Fsp3) is 0.0870. The van der Waals surface area contributed by atoms with Crippen molar-refractivity contribution in [2.75, 3.05) is 5.32 Å². The monoisotopic (exact) mass is 405 g/mol. The maximum atomic E-state index is 13.6. The number of ether oxygens (including phenoxy) is 1. The standard InChI is InChI=1S/C23H20FN3O3/c1-16-6-2-5-9-21(16)26-22(28)23(29)27-25-14-17-10-12-19(13-11-17)30-15-18-7-3-4-8-20(18)24/h2-14H,15H2,1H3,(H,26,28)(H,27,29)/b25-14-. The van der Waals surface area contributed by atoms with E-state index in [-0.39, 0.29) is 12.4 Å². The number of rotatable bonds is 6. The first-order valence-electron chi connectivity index (χ1n) is 9.19. The lowest BCUT2D eigenvalue weighted by Gasteiger charge is -2.07. The Hall–Kier alpha value is -4.00. The molecule has 0 aliphatic carbocycles. The summed E-state index contributed by atoms with van der Waals surface area (Å²) in [4.78, 5) is 23.8. The summed E-state index contributed by atoms with van der Waals surface area (Å²) < 4.78 is 19.2. The molecule has 2 amide bonds.